The van der Waals surface area contributed by atoms with Gasteiger partial charge in [-0.2, -0.15) is 10.5 Å². The van der Waals surface area contributed by atoms with E-state index in [1.165, 1.54) is 0 Å². The number of hydrogen-bond donors (Lipinski definition) is 0. The van der Waals surface area contributed by atoms with Crippen LogP contribution >= 0.6 is 0 Å². The van der Waals surface area contributed by atoms with Crippen LogP contribution in [0.3, 0.4) is 0 Å². The fraction of sp³-hybridized carbons (Fsp3) is 0. The number of fused-ring (bicyclic) bond motifs is 3. The largest absolute Gasteiger partial charge is 0.192 e. The summed E-state index contributed by atoms with van der Waals surface area (Å²) in [6.45, 7) is 0. The molecule has 0 atom stereocenters. The second-order valence-corrected chi connectivity index (χ2v) is 7.73. The highest BCUT2D eigenvalue weighted by atomic mass is 14.3. The normalized spacial score (nSPS) is 10.4. The molecule has 0 spiro atoms. The summed E-state index contributed by atoms with van der Waals surface area (Å²) in [7, 11) is 0. The van der Waals surface area contributed by atoms with E-state index in [1.54, 1.807) is 0 Å². The predicted molar refractivity (Wildman–Crippen MR) is 134 cm³/mol. The first kappa shape index (κ1) is 20.6. The number of nitrogens with zero attached hydrogens (tertiary/aromatic N) is 2. The molecule has 2 heteroatoms. The summed E-state index contributed by atoms with van der Waals surface area (Å²) in [5.74, 6) is 12.8. The Morgan fingerprint density at radius 1 is 0.441 bits per heavy atom. The third-order valence-corrected chi connectivity index (χ3v) is 5.59. The fourth-order valence-corrected chi connectivity index (χ4v) is 4.01. The van der Waals surface area contributed by atoms with Crippen molar-refractivity contribution in [3.8, 4) is 46.9 Å². The summed E-state index contributed by atoms with van der Waals surface area (Å²) >= 11 is 0. The molecule has 0 amide bonds. The van der Waals surface area contributed by atoms with E-state index in [-0.39, 0.29) is 5.57 Å². The SMILES string of the molecule is N#CC(C#N)=C1c2ccc(C#Cc3ccccc3)cc2-c2cc(C#Cc3ccccc3)ccc21. The Bertz CT molecular complexity index is 1530. The Labute approximate surface area is 199 Å². The maximum absolute atomic E-state index is 9.59. The van der Waals surface area contributed by atoms with Crippen LogP contribution in [0.5, 0.6) is 0 Å². The lowest BCUT2D eigenvalue weighted by atomic mass is 9.98. The first-order valence-electron chi connectivity index (χ1n) is 10.7. The number of nitriles is 2. The number of hydrogen-bond acceptors (Lipinski definition) is 2. The zero-order valence-electron chi connectivity index (χ0n) is 18.1. The molecule has 1 aliphatic carbocycles. The van der Waals surface area contributed by atoms with Crippen LogP contribution in [0.4, 0.5) is 0 Å². The molecule has 0 radical (unpaired) electrons. The Balaban J connectivity index is 1.64. The minimum atomic E-state index is 0.103. The summed E-state index contributed by atoms with van der Waals surface area (Å²) in [6.07, 6.45) is 0. The van der Waals surface area contributed by atoms with Gasteiger partial charge in [0.1, 0.15) is 17.7 Å². The molecule has 2 nitrogen and oxygen atoms in total. The highest BCUT2D eigenvalue weighted by Crippen LogP contribution is 2.46. The highest BCUT2D eigenvalue weighted by Gasteiger charge is 2.27. The third kappa shape index (κ3) is 3.97. The van der Waals surface area contributed by atoms with E-state index in [4.69, 9.17) is 0 Å². The van der Waals surface area contributed by atoms with Crippen LogP contribution in [-0.2, 0) is 0 Å². The first-order chi connectivity index (χ1) is 16.8. The van der Waals surface area contributed by atoms with Crippen molar-refractivity contribution in [1.29, 1.82) is 10.5 Å². The van der Waals surface area contributed by atoms with E-state index in [2.05, 4.69) is 35.8 Å². The van der Waals surface area contributed by atoms with Crippen LogP contribution in [0.2, 0.25) is 0 Å². The number of benzene rings is 4. The molecule has 0 saturated heterocycles. The van der Waals surface area contributed by atoms with Crippen LogP contribution in [0.25, 0.3) is 16.7 Å². The van der Waals surface area contributed by atoms with Crippen LogP contribution in [0, 0.1) is 46.3 Å². The number of rotatable bonds is 0. The predicted octanol–water partition coefficient (Wildman–Crippen LogP) is 6.32. The van der Waals surface area contributed by atoms with Crippen LogP contribution in [0.15, 0.2) is 103 Å². The Morgan fingerprint density at radius 3 is 1.26 bits per heavy atom. The average molecular weight is 428 g/mol. The summed E-state index contributed by atoms with van der Waals surface area (Å²) in [6, 6.07) is 35.6. The molecule has 0 saturated carbocycles. The molecular formula is C32H16N2. The second-order valence-electron chi connectivity index (χ2n) is 7.73. The summed E-state index contributed by atoms with van der Waals surface area (Å²) < 4.78 is 0. The third-order valence-electron chi connectivity index (χ3n) is 5.59. The van der Waals surface area contributed by atoms with Gasteiger partial charge in [0, 0.05) is 27.8 Å². The van der Waals surface area contributed by atoms with E-state index in [9.17, 15) is 10.5 Å². The van der Waals surface area contributed by atoms with Crippen molar-refractivity contribution in [2.24, 2.45) is 0 Å². The van der Waals surface area contributed by atoms with Gasteiger partial charge in [0.2, 0.25) is 0 Å². The van der Waals surface area contributed by atoms with E-state index in [0.717, 1.165) is 44.5 Å². The van der Waals surface area contributed by atoms with Gasteiger partial charge in [-0.05, 0) is 70.8 Å². The molecule has 1 aliphatic rings. The second kappa shape index (κ2) is 9.07. The van der Waals surface area contributed by atoms with Crippen LogP contribution in [-0.4, -0.2) is 0 Å². The van der Waals surface area contributed by atoms with Crippen molar-refractivity contribution >= 4 is 5.57 Å². The van der Waals surface area contributed by atoms with Crippen molar-refractivity contribution in [2.45, 2.75) is 0 Å². The van der Waals surface area contributed by atoms with Crippen LogP contribution in [0.1, 0.15) is 33.4 Å². The standard InChI is InChI=1S/C32H16N2/c33-21-27(22-34)32-28-17-15-25(13-11-23-7-3-1-4-8-23)19-30(28)31-20-26(16-18-29(31)32)14-12-24-9-5-2-6-10-24/h1-10,15-20H. The summed E-state index contributed by atoms with van der Waals surface area (Å²) in [5, 5.41) is 19.2. The quantitative estimate of drug-likeness (QED) is 0.214. The Morgan fingerprint density at radius 2 is 0.853 bits per heavy atom. The van der Waals surface area contributed by atoms with Gasteiger partial charge in [0.05, 0.1) is 0 Å². The van der Waals surface area contributed by atoms with Crippen molar-refractivity contribution < 1.29 is 0 Å². The van der Waals surface area contributed by atoms with E-state index < -0.39 is 0 Å². The van der Waals surface area contributed by atoms with Crippen molar-refractivity contribution in [1.82, 2.24) is 0 Å². The lowest BCUT2D eigenvalue weighted by Crippen LogP contribution is -1.88. The molecule has 0 N–H and O–H groups in total. The minimum Gasteiger partial charge on any atom is -0.192 e. The Kier molecular flexibility index (Phi) is 5.50. The molecule has 0 aliphatic heterocycles. The first-order valence-corrected chi connectivity index (χ1v) is 10.7. The summed E-state index contributed by atoms with van der Waals surface area (Å²) in [4.78, 5) is 0. The lowest BCUT2D eigenvalue weighted by molar-refractivity contribution is 1.46. The fourth-order valence-electron chi connectivity index (χ4n) is 4.01. The molecule has 0 fully saturated rings. The molecule has 0 aromatic heterocycles. The molecule has 34 heavy (non-hydrogen) atoms. The lowest BCUT2D eigenvalue weighted by Gasteiger charge is -2.02. The topological polar surface area (TPSA) is 47.6 Å². The summed E-state index contributed by atoms with van der Waals surface area (Å²) in [5.41, 5.74) is 8.03. The van der Waals surface area contributed by atoms with Gasteiger partial charge in [-0.3, -0.25) is 0 Å². The molecule has 4 aromatic rings. The zero-order valence-corrected chi connectivity index (χ0v) is 18.1. The van der Waals surface area contributed by atoms with Crippen molar-refractivity contribution in [3.05, 3.63) is 136 Å². The maximum Gasteiger partial charge on any atom is 0.138 e. The van der Waals surface area contributed by atoms with Gasteiger partial charge in [-0.1, -0.05) is 72.2 Å². The van der Waals surface area contributed by atoms with Gasteiger partial charge in [0.25, 0.3) is 0 Å². The smallest absolute Gasteiger partial charge is 0.138 e. The molecule has 4 aromatic carbocycles. The minimum absolute atomic E-state index is 0.103. The molecule has 5 rings (SSSR count). The maximum atomic E-state index is 9.59. The van der Waals surface area contributed by atoms with E-state index >= 15 is 0 Å². The van der Waals surface area contributed by atoms with Gasteiger partial charge < -0.3 is 0 Å². The molecule has 0 bridgehead atoms. The monoisotopic (exact) mass is 428 g/mol. The molecule has 154 valence electrons. The van der Waals surface area contributed by atoms with E-state index in [0.29, 0.717) is 5.57 Å². The van der Waals surface area contributed by atoms with Crippen molar-refractivity contribution in [2.75, 3.05) is 0 Å². The van der Waals surface area contributed by atoms with Crippen LogP contribution < -0.4 is 0 Å². The molecular weight excluding hydrogens is 412 g/mol. The van der Waals surface area contributed by atoms with Crippen molar-refractivity contribution in [3.63, 3.8) is 0 Å². The van der Waals surface area contributed by atoms with E-state index in [1.807, 2.05) is 97.1 Å². The van der Waals surface area contributed by atoms with Gasteiger partial charge in [-0.25, -0.2) is 0 Å². The van der Waals surface area contributed by atoms with Gasteiger partial charge in [-0.15, -0.1) is 0 Å². The highest BCUT2D eigenvalue weighted by molar-refractivity contribution is 6.04. The number of allylic oxidation sites excluding steroid dienone is 1. The Hall–Kier alpha value is -5.28. The zero-order chi connectivity index (χ0) is 23.3. The molecule has 0 heterocycles. The average Bonchev–Trinajstić information content (AvgIpc) is 3.21. The van der Waals surface area contributed by atoms with Gasteiger partial charge >= 0.3 is 0 Å². The molecule has 0 unspecified atom stereocenters. The van der Waals surface area contributed by atoms with Gasteiger partial charge in [0.15, 0.2) is 0 Å².